The number of sulfonamides is 1. The largest absolute Gasteiger partial charge is 0.489 e. The Morgan fingerprint density at radius 2 is 1.89 bits per heavy atom. The van der Waals surface area contributed by atoms with Crippen LogP contribution in [0.5, 0.6) is 5.75 Å². The summed E-state index contributed by atoms with van der Waals surface area (Å²) in [7, 11) is -4.00. The Kier molecular flexibility index (Phi) is 7.65. The minimum atomic E-state index is -4.00. The van der Waals surface area contributed by atoms with Crippen LogP contribution < -0.4 is 9.04 Å². The van der Waals surface area contributed by atoms with Crippen LogP contribution in [-0.4, -0.2) is 33.6 Å². The van der Waals surface area contributed by atoms with Gasteiger partial charge in [-0.3, -0.25) is 9.10 Å². The summed E-state index contributed by atoms with van der Waals surface area (Å²) >= 11 is 3.29. The molecular formula is C20H22BrNO5S. The van der Waals surface area contributed by atoms with E-state index in [0.717, 1.165) is 8.78 Å². The lowest BCUT2D eigenvalue weighted by Gasteiger charge is -2.24. The van der Waals surface area contributed by atoms with Gasteiger partial charge in [0.25, 0.3) is 10.0 Å². The van der Waals surface area contributed by atoms with E-state index in [1.165, 1.54) is 12.1 Å². The summed E-state index contributed by atoms with van der Waals surface area (Å²) in [5.41, 5.74) is 0.296. The van der Waals surface area contributed by atoms with E-state index in [9.17, 15) is 13.2 Å². The second kappa shape index (κ2) is 9.75. The van der Waals surface area contributed by atoms with Crippen LogP contribution in [0.4, 0.5) is 5.69 Å². The fourth-order valence-corrected chi connectivity index (χ4v) is 4.02. The van der Waals surface area contributed by atoms with Gasteiger partial charge in [-0.05, 0) is 50.2 Å². The lowest BCUT2D eigenvalue weighted by molar-refractivity contribution is -0.145. The third-order valence-corrected chi connectivity index (χ3v) is 5.83. The highest BCUT2D eigenvalue weighted by atomic mass is 79.9. The van der Waals surface area contributed by atoms with E-state index < -0.39 is 22.5 Å². The molecule has 0 aliphatic rings. The lowest BCUT2D eigenvalue weighted by Crippen LogP contribution is -2.37. The van der Waals surface area contributed by atoms with Crippen molar-refractivity contribution in [2.45, 2.75) is 24.8 Å². The van der Waals surface area contributed by atoms with Crippen molar-refractivity contribution in [2.24, 2.45) is 0 Å². The number of esters is 1. The number of anilines is 1. The fraction of sp³-hybridized carbons (Fsp3) is 0.250. The Morgan fingerprint density at radius 3 is 2.50 bits per heavy atom. The standard InChI is InChI=1S/C20H22BrNO5S/c1-4-12-26-18-7-5-6-17(13-18)22(14-20(23)27-15(2)3)28(24,25)19-10-8-16(21)9-11-19/h4-11,13,15H,1,12,14H2,2-3H3. The number of carbonyl (C=O) groups is 1. The molecule has 0 fully saturated rings. The molecule has 0 aromatic heterocycles. The predicted octanol–water partition coefficient (Wildman–Crippen LogP) is 4.16. The van der Waals surface area contributed by atoms with Gasteiger partial charge in [0.2, 0.25) is 0 Å². The average Bonchev–Trinajstić information content (AvgIpc) is 2.64. The highest BCUT2D eigenvalue weighted by Gasteiger charge is 2.28. The number of nitrogens with zero attached hydrogens (tertiary/aromatic N) is 1. The topological polar surface area (TPSA) is 72.9 Å². The van der Waals surface area contributed by atoms with E-state index >= 15 is 0 Å². The minimum Gasteiger partial charge on any atom is -0.489 e. The van der Waals surface area contributed by atoms with Crippen LogP contribution in [0, 0.1) is 0 Å². The molecule has 0 spiro atoms. The van der Waals surface area contributed by atoms with Crippen LogP contribution in [0.1, 0.15) is 13.8 Å². The molecule has 0 radical (unpaired) electrons. The molecule has 0 heterocycles. The highest BCUT2D eigenvalue weighted by molar-refractivity contribution is 9.10. The normalized spacial score (nSPS) is 11.1. The van der Waals surface area contributed by atoms with E-state index in [-0.39, 0.29) is 17.6 Å². The maximum atomic E-state index is 13.2. The number of benzene rings is 2. The van der Waals surface area contributed by atoms with Gasteiger partial charge in [0.1, 0.15) is 18.9 Å². The summed E-state index contributed by atoms with van der Waals surface area (Å²) in [5, 5.41) is 0. The molecule has 8 heteroatoms. The third kappa shape index (κ3) is 5.84. The molecule has 0 aliphatic carbocycles. The van der Waals surface area contributed by atoms with Crippen molar-refractivity contribution in [1.29, 1.82) is 0 Å². The van der Waals surface area contributed by atoms with Crippen molar-refractivity contribution >= 4 is 37.6 Å². The monoisotopic (exact) mass is 467 g/mol. The number of ether oxygens (including phenoxy) is 2. The molecule has 6 nitrogen and oxygen atoms in total. The molecule has 0 unspecified atom stereocenters. The molecule has 28 heavy (non-hydrogen) atoms. The van der Waals surface area contributed by atoms with E-state index in [1.54, 1.807) is 56.3 Å². The van der Waals surface area contributed by atoms with Gasteiger partial charge in [-0.25, -0.2) is 8.42 Å². The van der Waals surface area contributed by atoms with Crippen molar-refractivity contribution < 1.29 is 22.7 Å². The average molecular weight is 468 g/mol. The van der Waals surface area contributed by atoms with Crippen molar-refractivity contribution in [3.63, 3.8) is 0 Å². The minimum absolute atomic E-state index is 0.0606. The molecule has 2 aromatic rings. The number of hydrogen-bond acceptors (Lipinski definition) is 5. The first-order valence-electron chi connectivity index (χ1n) is 8.55. The van der Waals surface area contributed by atoms with Gasteiger partial charge in [0.15, 0.2) is 0 Å². The molecule has 0 N–H and O–H groups in total. The number of rotatable bonds is 9. The maximum Gasteiger partial charge on any atom is 0.327 e. The first-order valence-corrected chi connectivity index (χ1v) is 10.8. The summed E-state index contributed by atoms with van der Waals surface area (Å²) in [6, 6.07) is 12.7. The van der Waals surface area contributed by atoms with Crippen LogP contribution in [0.25, 0.3) is 0 Å². The van der Waals surface area contributed by atoms with Gasteiger partial charge < -0.3 is 9.47 Å². The molecule has 0 saturated carbocycles. The SMILES string of the molecule is C=CCOc1cccc(N(CC(=O)OC(C)C)S(=O)(=O)c2ccc(Br)cc2)c1. The lowest BCUT2D eigenvalue weighted by atomic mass is 10.3. The summed E-state index contributed by atoms with van der Waals surface area (Å²) in [4.78, 5) is 12.3. The zero-order valence-electron chi connectivity index (χ0n) is 15.7. The molecule has 0 aliphatic heterocycles. The second-order valence-corrected chi connectivity index (χ2v) is 8.88. The Morgan fingerprint density at radius 1 is 1.21 bits per heavy atom. The number of hydrogen-bond donors (Lipinski definition) is 0. The molecule has 2 aromatic carbocycles. The summed E-state index contributed by atoms with van der Waals surface area (Å²) < 4.78 is 38.9. The fourth-order valence-electron chi connectivity index (χ4n) is 2.35. The summed E-state index contributed by atoms with van der Waals surface area (Å²) in [6.45, 7) is 6.82. The Hall–Kier alpha value is -2.32. The first kappa shape index (κ1) is 22.0. The smallest absolute Gasteiger partial charge is 0.327 e. The quantitative estimate of drug-likeness (QED) is 0.408. The van der Waals surface area contributed by atoms with Crippen LogP contribution in [0.3, 0.4) is 0 Å². The van der Waals surface area contributed by atoms with Gasteiger partial charge in [0.05, 0.1) is 16.7 Å². The Balaban J connectivity index is 2.46. The van der Waals surface area contributed by atoms with Gasteiger partial charge in [-0.15, -0.1) is 0 Å². The summed E-state index contributed by atoms with van der Waals surface area (Å²) in [6.07, 6.45) is 1.23. The van der Waals surface area contributed by atoms with E-state index in [4.69, 9.17) is 9.47 Å². The van der Waals surface area contributed by atoms with E-state index in [0.29, 0.717) is 11.4 Å². The maximum absolute atomic E-state index is 13.2. The van der Waals surface area contributed by atoms with Crippen LogP contribution in [0.2, 0.25) is 0 Å². The van der Waals surface area contributed by atoms with Gasteiger partial charge in [-0.1, -0.05) is 34.7 Å². The molecule has 0 amide bonds. The molecule has 0 atom stereocenters. The zero-order chi connectivity index (χ0) is 20.7. The first-order chi connectivity index (χ1) is 13.2. The molecule has 0 bridgehead atoms. The predicted molar refractivity (Wildman–Crippen MR) is 112 cm³/mol. The van der Waals surface area contributed by atoms with Gasteiger partial charge in [0, 0.05) is 10.5 Å². The summed E-state index contributed by atoms with van der Waals surface area (Å²) in [5.74, 6) is -0.182. The van der Waals surface area contributed by atoms with Crippen molar-refractivity contribution in [3.8, 4) is 5.75 Å². The number of carbonyl (C=O) groups excluding carboxylic acids is 1. The van der Waals surface area contributed by atoms with E-state index in [1.807, 2.05) is 0 Å². The van der Waals surface area contributed by atoms with Gasteiger partial charge in [-0.2, -0.15) is 0 Å². The Bertz CT molecular complexity index is 926. The van der Waals surface area contributed by atoms with Crippen molar-refractivity contribution in [2.75, 3.05) is 17.5 Å². The van der Waals surface area contributed by atoms with Crippen LogP contribution >= 0.6 is 15.9 Å². The molecule has 2 rings (SSSR count). The molecule has 0 saturated heterocycles. The van der Waals surface area contributed by atoms with Crippen LogP contribution in [-0.2, 0) is 19.6 Å². The second-order valence-electron chi connectivity index (χ2n) is 6.10. The molecular weight excluding hydrogens is 446 g/mol. The van der Waals surface area contributed by atoms with Crippen LogP contribution in [0.15, 0.2) is 70.6 Å². The third-order valence-electron chi connectivity index (χ3n) is 3.51. The zero-order valence-corrected chi connectivity index (χ0v) is 18.1. The van der Waals surface area contributed by atoms with Gasteiger partial charge >= 0.3 is 5.97 Å². The van der Waals surface area contributed by atoms with Crippen molar-refractivity contribution in [3.05, 3.63) is 65.7 Å². The van der Waals surface area contributed by atoms with Crippen molar-refractivity contribution in [1.82, 2.24) is 0 Å². The number of halogens is 1. The van der Waals surface area contributed by atoms with E-state index in [2.05, 4.69) is 22.5 Å². The highest BCUT2D eigenvalue weighted by Crippen LogP contribution is 2.28. The molecule has 150 valence electrons. The Labute approximate surface area is 173 Å².